The number of halogens is 1. The maximum atomic E-state index is 12.1. The van der Waals surface area contributed by atoms with E-state index in [1.165, 1.54) is 11.6 Å². The maximum Gasteiger partial charge on any atom is 0.332 e. The molecule has 0 saturated carbocycles. The number of nitrogens with zero attached hydrogens (tertiary/aromatic N) is 4. The van der Waals surface area contributed by atoms with E-state index < -0.39 is 0 Å². The molecule has 2 heterocycles. The van der Waals surface area contributed by atoms with Crippen molar-refractivity contribution in [2.45, 2.75) is 13.5 Å². The zero-order valence-electron chi connectivity index (χ0n) is 11.3. The molecule has 0 spiro atoms. The summed E-state index contributed by atoms with van der Waals surface area (Å²) in [6, 6.07) is 0. The van der Waals surface area contributed by atoms with Crippen molar-refractivity contribution in [2.24, 2.45) is 14.1 Å². The second-order valence-electron chi connectivity index (χ2n) is 4.30. The van der Waals surface area contributed by atoms with Gasteiger partial charge in [0.25, 0.3) is 5.56 Å². The van der Waals surface area contributed by atoms with Gasteiger partial charge in [-0.15, -0.1) is 0 Å². The Labute approximate surface area is 116 Å². The summed E-state index contributed by atoms with van der Waals surface area (Å²) in [5.74, 6) is 0. The van der Waals surface area contributed by atoms with Crippen LogP contribution < -0.4 is 29.0 Å². The van der Waals surface area contributed by atoms with Gasteiger partial charge in [0.05, 0.1) is 26.0 Å². The fourth-order valence-electron chi connectivity index (χ4n) is 2.00. The molecule has 106 valence electrons. The molecule has 0 radical (unpaired) electrons. The van der Waals surface area contributed by atoms with Gasteiger partial charge in [-0.25, -0.2) is 9.78 Å². The largest absolute Gasteiger partial charge is 1.00 e. The lowest BCUT2D eigenvalue weighted by atomic mass is 10.4. The fraction of sp³-hybridized carbons (Fsp3) is 0.545. The number of nitrogens with two attached hydrogens (primary N) is 1. The van der Waals surface area contributed by atoms with Crippen molar-refractivity contribution < 1.29 is 17.7 Å². The van der Waals surface area contributed by atoms with Crippen LogP contribution in [0.5, 0.6) is 0 Å². The molecule has 2 aromatic rings. The minimum absolute atomic E-state index is 0. The number of quaternary nitrogens is 1. The Balaban J connectivity index is 0.00000180. The van der Waals surface area contributed by atoms with Crippen LogP contribution in [-0.4, -0.2) is 31.8 Å². The summed E-state index contributed by atoms with van der Waals surface area (Å²) in [6.07, 6.45) is 1.62. The molecule has 0 bridgehead atoms. The minimum Gasteiger partial charge on any atom is -1.00 e. The lowest BCUT2D eigenvalue weighted by Crippen LogP contribution is -3.00. The van der Waals surface area contributed by atoms with Crippen molar-refractivity contribution in [3.8, 4) is 0 Å². The summed E-state index contributed by atoms with van der Waals surface area (Å²) in [4.78, 5) is 28.0. The van der Waals surface area contributed by atoms with E-state index >= 15 is 0 Å². The predicted octanol–water partition coefficient (Wildman–Crippen LogP) is -4.98. The predicted molar refractivity (Wildman–Crippen MR) is 67.5 cm³/mol. The van der Waals surface area contributed by atoms with Gasteiger partial charge in [0.2, 0.25) is 0 Å². The average molecular weight is 288 g/mol. The Kier molecular flexibility index (Phi) is 4.90. The fourth-order valence-corrected chi connectivity index (χ4v) is 2.00. The first kappa shape index (κ1) is 15.5. The van der Waals surface area contributed by atoms with E-state index in [1.54, 1.807) is 13.4 Å². The summed E-state index contributed by atoms with van der Waals surface area (Å²) in [5.41, 5.74) is 0.295. The van der Waals surface area contributed by atoms with Gasteiger partial charge in [0.15, 0.2) is 11.2 Å². The molecule has 2 aromatic heterocycles. The van der Waals surface area contributed by atoms with Crippen LogP contribution in [0.1, 0.15) is 6.92 Å². The van der Waals surface area contributed by atoms with Crippen LogP contribution in [0.4, 0.5) is 0 Å². The average Bonchev–Trinajstić information content (AvgIpc) is 2.78. The molecule has 0 fully saturated rings. The second kappa shape index (κ2) is 6.03. The highest BCUT2D eigenvalue weighted by molar-refractivity contribution is 5.69. The molecule has 7 nitrogen and oxygen atoms in total. The summed E-state index contributed by atoms with van der Waals surface area (Å²) in [6.45, 7) is 4.67. The second-order valence-corrected chi connectivity index (χ2v) is 4.30. The monoisotopic (exact) mass is 287 g/mol. The molecular formula is C11H18ClN5O2. The first-order chi connectivity index (χ1) is 8.57. The number of likely N-dealkylation sites (N-methyl/N-ethyl adjacent to an activating group) is 1. The third-order valence-electron chi connectivity index (χ3n) is 3.08. The van der Waals surface area contributed by atoms with Gasteiger partial charge in [0.1, 0.15) is 0 Å². The van der Waals surface area contributed by atoms with E-state index in [1.807, 2.05) is 4.57 Å². The lowest BCUT2D eigenvalue weighted by Gasteiger charge is -2.05. The molecule has 2 N–H and O–H groups in total. The number of imidazole rings is 1. The van der Waals surface area contributed by atoms with Crippen LogP contribution in [0.2, 0.25) is 0 Å². The van der Waals surface area contributed by atoms with Gasteiger partial charge in [0, 0.05) is 14.1 Å². The van der Waals surface area contributed by atoms with Crippen LogP contribution in [0.25, 0.3) is 11.2 Å². The third-order valence-corrected chi connectivity index (χ3v) is 3.08. The first-order valence-electron chi connectivity index (χ1n) is 6.00. The van der Waals surface area contributed by atoms with E-state index in [0.717, 1.165) is 17.7 Å². The summed E-state index contributed by atoms with van der Waals surface area (Å²) in [7, 11) is 3.11. The van der Waals surface area contributed by atoms with E-state index in [2.05, 4.69) is 17.2 Å². The number of fused-ring (bicyclic) bond motifs is 1. The summed E-state index contributed by atoms with van der Waals surface area (Å²) in [5, 5.41) is 2.15. The topological polar surface area (TPSA) is 78.4 Å². The van der Waals surface area contributed by atoms with Gasteiger partial charge in [-0.1, -0.05) is 0 Å². The molecular weight excluding hydrogens is 270 g/mol. The van der Waals surface area contributed by atoms with Gasteiger partial charge >= 0.3 is 5.69 Å². The Hall–Kier alpha value is -1.60. The molecule has 2 rings (SSSR count). The van der Waals surface area contributed by atoms with Gasteiger partial charge in [-0.05, 0) is 6.92 Å². The smallest absolute Gasteiger partial charge is 0.332 e. The van der Waals surface area contributed by atoms with Crippen molar-refractivity contribution in [2.75, 3.05) is 13.1 Å². The summed E-state index contributed by atoms with van der Waals surface area (Å²) >= 11 is 0. The normalized spacial score (nSPS) is 10.7. The third kappa shape index (κ3) is 2.57. The minimum atomic E-state index is -0.349. The van der Waals surface area contributed by atoms with Gasteiger partial charge in [-0.3, -0.25) is 13.9 Å². The highest BCUT2D eigenvalue weighted by Gasteiger charge is 2.13. The first-order valence-corrected chi connectivity index (χ1v) is 6.00. The van der Waals surface area contributed by atoms with Crippen LogP contribution >= 0.6 is 0 Å². The van der Waals surface area contributed by atoms with Crippen LogP contribution in [0.15, 0.2) is 15.9 Å². The van der Waals surface area contributed by atoms with E-state index in [9.17, 15) is 9.59 Å². The molecule has 0 amide bonds. The SMILES string of the molecule is CC[NH2+]CCn1cnc2c1c(=O)n(C)c(=O)n2C.[Cl-]. The van der Waals surface area contributed by atoms with E-state index in [0.29, 0.717) is 17.7 Å². The molecule has 0 aromatic carbocycles. The lowest BCUT2D eigenvalue weighted by molar-refractivity contribution is -0.652. The Bertz CT molecular complexity index is 685. The molecule has 19 heavy (non-hydrogen) atoms. The van der Waals surface area contributed by atoms with Crippen LogP contribution in [-0.2, 0) is 20.6 Å². The zero-order valence-corrected chi connectivity index (χ0v) is 12.0. The number of rotatable bonds is 4. The molecule has 8 heteroatoms. The van der Waals surface area contributed by atoms with Crippen molar-refractivity contribution in [1.82, 2.24) is 18.7 Å². The van der Waals surface area contributed by atoms with E-state index in [4.69, 9.17) is 0 Å². The molecule has 0 aliphatic carbocycles. The maximum absolute atomic E-state index is 12.1. The zero-order chi connectivity index (χ0) is 13.3. The molecule has 0 saturated heterocycles. The van der Waals surface area contributed by atoms with Crippen molar-refractivity contribution in [3.05, 3.63) is 27.2 Å². The standard InChI is InChI=1S/C11H17N5O2.ClH/c1-4-12-5-6-16-7-13-9-8(16)10(17)15(3)11(18)14(9)2;/h7,12H,4-6H2,1-3H3;1H. The van der Waals surface area contributed by atoms with Gasteiger partial charge < -0.3 is 22.3 Å². The van der Waals surface area contributed by atoms with Crippen molar-refractivity contribution >= 4 is 11.2 Å². The molecule has 0 unspecified atom stereocenters. The molecule has 0 aliphatic rings. The number of aryl methyl sites for hydroxylation is 1. The highest BCUT2D eigenvalue weighted by Crippen LogP contribution is 2.04. The van der Waals surface area contributed by atoms with Crippen LogP contribution in [0, 0.1) is 0 Å². The Morgan fingerprint density at radius 2 is 1.95 bits per heavy atom. The number of hydrogen-bond donors (Lipinski definition) is 1. The summed E-state index contributed by atoms with van der Waals surface area (Å²) < 4.78 is 4.32. The Morgan fingerprint density at radius 3 is 2.58 bits per heavy atom. The van der Waals surface area contributed by atoms with Gasteiger partial charge in [-0.2, -0.15) is 0 Å². The number of hydrogen-bond acceptors (Lipinski definition) is 3. The van der Waals surface area contributed by atoms with Crippen molar-refractivity contribution in [3.63, 3.8) is 0 Å². The molecule has 0 aliphatic heterocycles. The van der Waals surface area contributed by atoms with Crippen molar-refractivity contribution in [1.29, 1.82) is 0 Å². The number of aromatic nitrogens is 4. The Morgan fingerprint density at radius 1 is 1.26 bits per heavy atom. The van der Waals surface area contributed by atoms with Crippen LogP contribution in [0.3, 0.4) is 0 Å². The quantitative estimate of drug-likeness (QED) is 0.572. The highest BCUT2D eigenvalue weighted by atomic mass is 35.5. The molecule has 0 atom stereocenters. The van der Waals surface area contributed by atoms with E-state index in [-0.39, 0.29) is 23.7 Å².